The molecule has 100 valence electrons. The molecule has 3 N–H and O–H groups in total. The van der Waals surface area contributed by atoms with Crippen LogP contribution in [-0.2, 0) is 4.74 Å². The third-order valence-corrected chi connectivity index (χ3v) is 2.35. The first kappa shape index (κ1) is 14.4. The molecule has 0 aliphatic rings. The fourth-order valence-corrected chi connectivity index (χ4v) is 1.58. The number of alkyl carbamates (subject to hydrolysis) is 1. The van der Waals surface area contributed by atoms with Gasteiger partial charge in [0, 0.05) is 18.4 Å². The van der Waals surface area contributed by atoms with E-state index in [-0.39, 0.29) is 6.04 Å². The molecule has 1 aromatic rings. The Bertz CT molecular complexity index is 413. The average molecular weight is 251 g/mol. The smallest absolute Gasteiger partial charge is 0.408 e. The van der Waals surface area contributed by atoms with Gasteiger partial charge in [0.1, 0.15) is 5.60 Å². The molecule has 0 saturated carbocycles. The average Bonchev–Trinajstić information content (AvgIpc) is 2.24. The summed E-state index contributed by atoms with van der Waals surface area (Å²) in [5.41, 5.74) is 6.93. The molecule has 0 spiro atoms. The third-order valence-electron chi connectivity index (χ3n) is 2.35. The molecule has 1 atom stereocenters. The number of carbonyl (C=O) groups excluding carboxylic acids is 1. The van der Waals surface area contributed by atoms with Crippen molar-refractivity contribution >= 4 is 6.09 Å². The minimum Gasteiger partial charge on any atom is -0.444 e. The number of pyridine rings is 1. The lowest BCUT2D eigenvalue weighted by molar-refractivity contribution is 0.0505. The Morgan fingerprint density at radius 2 is 2.22 bits per heavy atom. The lowest BCUT2D eigenvalue weighted by Crippen LogP contribution is -2.38. The maximum atomic E-state index is 11.7. The van der Waals surface area contributed by atoms with E-state index in [0.29, 0.717) is 6.54 Å². The van der Waals surface area contributed by atoms with Crippen LogP contribution in [-0.4, -0.2) is 23.2 Å². The summed E-state index contributed by atoms with van der Waals surface area (Å²) in [6.45, 7) is 7.64. The van der Waals surface area contributed by atoms with Gasteiger partial charge in [-0.3, -0.25) is 4.98 Å². The molecule has 1 amide bonds. The largest absolute Gasteiger partial charge is 0.444 e. The van der Waals surface area contributed by atoms with Crippen molar-refractivity contribution in [1.29, 1.82) is 0 Å². The Hall–Kier alpha value is -1.62. The Balaban J connectivity index is 2.74. The first-order chi connectivity index (χ1) is 8.33. The molecule has 0 aromatic carbocycles. The molecule has 0 aliphatic carbocycles. The second kappa shape index (κ2) is 5.82. The predicted molar refractivity (Wildman–Crippen MR) is 70.1 cm³/mol. The lowest BCUT2D eigenvalue weighted by Gasteiger charge is -2.23. The van der Waals surface area contributed by atoms with Crippen molar-refractivity contribution in [3.8, 4) is 0 Å². The Morgan fingerprint density at radius 3 is 2.72 bits per heavy atom. The molecule has 1 heterocycles. The van der Waals surface area contributed by atoms with E-state index in [1.165, 1.54) is 0 Å². The van der Waals surface area contributed by atoms with Crippen molar-refractivity contribution in [3.05, 3.63) is 29.6 Å². The van der Waals surface area contributed by atoms with Crippen molar-refractivity contribution in [2.24, 2.45) is 5.73 Å². The fraction of sp³-hybridized carbons (Fsp3) is 0.538. The Labute approximate surface area is 108 Å². The van der Waals surface area contributed by atoms with Gasteiger partial charge in [0.05, 0.1) is 6.04 Å². The van der Waals surface area contributed by atoms with Gasteiger partial charge in [0.2, 0.25) is 0 Å². The maximum Gasteiger partial charge on any atom is 0.408 e. The summed E-state index contributed by atoms with van der Waals surface area (Å²) >= 11 is 0. The summed E-state index contributed by atoms with van der Waals surface area (Å²) in [5, 5.41) is 2.75. The third kappa shape index (κ3) is 4.33. The van der Waals surface area contributed by atoms with Gasteiger partial charge < -0.3 is 15.8 Å². The molecule has 1 rings (SSSR count). The predicted octanol–water partition coefficient (Wildman–Crippen LogP) is 1.91. The number of aromatic nitrogens is 1. The van der Waals surface area contributed by atoms with Crippen LogP contribution in [0.3, 0.4) is 0 Å². The number of carbonyl (C=O) groups is 1. The van der Waals surface area contributed by atoms with Crippen LogP contribution in [0, 0.1) is 6.92 Å². The number of nitrogens with zero attached hydrogens (tertiary/aromatic N) is 1. The highest BCUT2D eigenvalue weighted by atomic mass is 16.6. The second-order valence-corrected chi connectivity index (χ2v) is 5.11. The van der Waals surface area contributed by atoms with Crippen LogP contribution < -0.4 is 11.1 Å². The van der Waals surface area contributed by atoms with Crippen LogP contribution in [0.4, 0.5) is 4.79 Å². The van der Waals surface area contributed by atoms with E-state index in [1.807, 2.05) is 39.8 Å². The molecule has 0 radical (unpaired) electrons. The minimum absolute atomic E-state index is 0.284. The zero-order chi connectivity index (χ0) is 13.8. The quantitative estimate of drug-likeness (QED) is 0.860. The topological polar surface area (TPSA) is 77.2 Å². The van der Waals surface area contributed by atoms with Crippen LogP contribution in [0.15, 0.2) is 18.3 Å². The summed E-state index contributed by atoms with van der Waals surface area (Å²) in [4.78, 5) is 15.9. The highest BCUT2D eigenvalue weighted by molar-refractivity contribution is 5.68. The summed E-state index contributed by atoms with van der Waals surface area (Å²) in [6.07, 6.45) is 1.24. The second-order valence-electron chi connectivity index (χ2n) is 5.11. The molecule has 5 nitrogen and oxygen atoms in total. The van der Waals surface area contributed by atoms with Crippen LogP contribution in [0.1, 0.15) is 38.1 Å². The van der Waals surface area contributed by atoms with Crippen LogP contribution in [0.2, 0.25) is 0 Å². The summed E-state index contributed by atoms with van der Waals surface area (Å²) < 4.78 is 5.21. The van der Waals surface area contributed by atoms with Crippen LogP contribution in [0.5, 0.6) is 0 Å². The first-order valence-electron chi connectivity index (χ1n) is 5.94. The number of rotatable bonds is 3. The Kier molecular flexibility index (Phi) is 4.67. The monoisotopic (exact) mass is 251 g/mol. The van der Waals surface area contributed by atoms with Gasteiger partial charge in [0.15, 0.2) is 0 Å². The van der Waals surface area contributed by atoms with E-state index in [1.54, 1.807) is 6.20 Å². The van der Waals surface area contributed by atoms with Gasteiger partial charge in [-0.25, -0.2) is 4.79 Å². The lowest BCUT2D eigenvalue weighted by atomic mass is 10.1. The molecule has 0 saturated heterocycles. The van der Waals surface area contributed by atoms with E-state index in [9.17, 15) is 4.79 Å². The van der Waals surface area contributed by atoms with Gasteiger partial charge in [-0.2, -0.15) is 0 Å². The van der Waals surface area contributed by atoms with Crippen molar-refractivity contribution in [1.82, 2.24) is 10.3 Å². The summed E-state index contributed by atoms with van der Waals surface area (Å²) in [7, 11) is 0. The van der Waals surface area contributed by atoms with Crippen molar-refractivity contribution in [2.75, 3.05) is 6.54 Å². The van der Waals surface area contributed by atoms with Gasteiger partial charge in [0.25, 0.3) is 0 Å². The molecule has 1 unspecified atom stereocenters. The van der Waals surface area contributed by atoms with Gasteiger partial charge in [-0.05, 0) is 39.3 Å². The van der Waals surface area contributed by atoms with E-state index in [0.717, 1.165) is 11.3 Å². The standard InChI is InChI=1S/C13H21N3O2/c1-9-10(6-5-7-15-9)11(8-14)16-12(17)18-13(2,3)4/h5-7,11H,8,14H2,1-4H3,(H,16,17). The summed E-state index contributed by atoms with van der Waals surface area (Å²) in [5.74, 6) is 0. The zero-order valence-corrected chi connectivity index (χ0v) is 11.4. The number of amides is 1. The maximum absolute atomic E-state index is 11.7. The normalized spacial score (nSPS) is 12.9. The van der Waals surface area contributed by atoms with Crippen molar-refractivity contribution in [3.63, 3.8) is 0 Å². The number of nitrogens with one attached hydrogen (secondary N) is 1. The highest BCUT2D eigenvalue weighted by Crippen LogP contribution is 2.15. The fourth-order valence-electron chi connectivity index (χ4n) is 1.58. The number of hydrogen-bond acceptors (Lipinski definition) is 4. The van der Waals surface area contributed by atoms with Gasteiger partial charge in [-0.15, -0.1) is 0 Å². The van der Waals surface area contributed by atoms with E-state index in [4.69, 9.17) is 10.5 Å². The Morgan fingerprint density at radius 1 is 1.56 bits per heavy atom. The number of hydrogen-bond donors (Lipinski definition) is 2. The molecule has 0 bridgehead atoms. The zero-order valence-electron chi connectivity index (χ0n) is 11.4. The number of nitrogens with two attached hydrogens (primary N) is 1. The first-order valence-corrected chi connectivity index (χ1v) is 5.94. The van der Waals surface area contributed by atoms with Crippen LogP contribution >= 0.6 is 0 Å². The number of aryl methyl sites for hydroxylation is 1. The van der Waals surface area contributed by atoms with Crippen LogP contribution in [0.25, 0.3) is 0 Å². The van der Waals surface area contributed by atoms with Gasteiger partial charge >= 0.3 is 6.09 Å². The molecule has 18 heavy (non-hydrogen) atoms. The van der Waals surface area contributed by atoms with E-state index < -0.39 is 11.7 Å². The molecule has 0 fully saturated rings. The molecule has 5 heteroatoms. The molecular formula is C13H21N3O2. The van der Waals surface area contributed by atoms with E-state index >= 15 is 0 Å². The van der Waals surface area contributed by atoms with Gasteiger partial charge in [-0.1, -0.05) is 6.07 Å². The minimum atomic E-state index is -0.521. The molecule has 1 aromatic heterocycles. The number of ether oxygens (including phenoxy) is 1. The SMILES string of the molecule is Cc1ncccc1C(CN)NC(=O)OC(C)(C)C. The van der Waals surface area contributed by atoms with Crippen molar-refractivity contribution < 1.29 is 9.53 Å². The van der Waals surface area contributed by atoms with Crippen molar-refractivity contribution in [2.45, 2.75) is 39.3 Å². The highest BCUT2D eigenvalue weighted by Gasteiger charge is 2.20. The van der Waals surface area contributed by atoms with E-state index in [2.05, 4.69) is 10.3 Å². The summed E-state index contributed by atoms with van der Waals surface area (Å²) in [6, 6.07) is 3.44. The molecule has 0 aliphatic heterocycles. The molecular weight excluding hydrogens is 230 g/mol.